The number of aliphatic hydroxyl groups excluding tert-OH is 2. The van der Waals surface area contributed by atoms with E-state index in [0.29, 0.717) is 19.3 Å². The molecule has 1 aromatic carbocycles. The van der Waals surface area contributed by atoms with E-state index >= 15 is 0 Å². The number of unbranched alkanes of at least 4 members (excludes halogenated alkanes) is 1. The molecule has 3 N–H and O–H groups in total. The van der Waals surface area contributed by atoms with Crippen molar-refractivity contribution >= 4 is 11.9 Å². The molecular weight excluding hydrogens is 264 g/mol. The van der Waals surface area contributed by atoms with Crippen LogP contribution in [0.4, 0.5) is 0 Å². The summed E-state index contributed by atoms with van der Waals surface area (Å²) in [4.78, 5) is 22.3. The predicted octanol–water partition coefficient (Wildman–Crippen LogP) is 1.07. The molecule has 1 atom stereocenters. The lowest BCUT2D eigenvalue weighted by atomic mass is 10.1. The zero-order chi connectivity index (χ0) is 15.0. The first-order valence-corrected chi connectivity index (χ1v) is 6.34. The molecule has 0 aliphatic heterocycles. The van der Waals surface area contributed by atoms with Crippen molar-refractivity contribution in [2.45, 2.75) is 25.4 Å². The molecule has 0 radical (unpaired) electrons. The Labute approximate surface area is 116 Å². The van der Waals surface area contributed by atoms with E-state index in [1.54, 1.807) is 0 Å². The molecule has 0 aromatic heterocycles. The zero-order valence-electron chi connectivity index (χ0n) is 11.0. The Morgan fingerprint density at radius 3 is 2.25 bits per heavy atom. The van der Waals surface area contributed by atoms with Crippen LogP contribution in [0.15, 0.2) is 24.3 Å². The number of aliphatic hydroxyl groups is 2. The van der Waals surface area contributed by atoms with E-state index in [9.17, 15) is 14.7 Å². The Kier molecular flexibility index (Phi) is 6.69. The van der Waals surface area contributed by atoms with Gasteiger partial charge in [-0.3, -0.25) is 0 Å². The number of ether oxygens (including phenoxy) is 1. The van der Waals surface area contributed by atoms with E-state index in [0.717, 1.165) is 0 Å². The first-order chi connectivity index (χ1) is 9.54. The van der Waals surface area contributed by atoms with Gasteiger partial charge in [-0.1, -0.05) is 0 Å². The summed E-state index contributed by atoms with van der Waals surface area (Å²) in [5, 5.41) is 26.9. The molecule has 0 saturated carbocycles. The third-order valence-electron chi connectivity index (χ3n) is 2.72. The Morgan fingerprint density at radius 2 is 1.70 bits per heavy atom. The van der Waals surface area contributed by atoms with Gasteiger partial charge in [0.2, 0.25) is 0 Å². The summed E-state index contributed by atoms with van der Waals surface area (Å²) >= 11 is 0. The fraction of sp³-hybridized carbons (Fsp3) is 0.429. The Hall–Kier alpha value is -1.92. The normalized spacial score (nSPS) is 11.9. The Balaban J connectivity index is 2.40. The molecule has 0 aliphatic carbocycles. The molecule has 0 fully saturated rings. The third-order valence-corrected chi connectivity index (χ3v) is 2.72. The minimum atomic E-state index is -1.07. The minimum Gasteiger partial charge on any atom is -0.478 e. The summed E-state index contributed by atoms with van der Waals surface area (Å²) in [5.74, 6) is -1.67. The van der Waals surface area contributed by atoms with E-state index in [1.807, 2.05) is 0 Å². The van der Waals surface area contributed by atoms with Crippen molar-refractivity contribution in [2.24, 2.45) is 0 Å². The highest BCUT2D eigenvalue weighted by atomic mass is 16.5. The van der Waals surface area contributed by atoms with Crippen LogP contribution in [0.1, 0.15) is 40.0 Å². The van der Waals surface area contributed by atoms with E-state index in [-0.39, 0.29) is 24.3 Å². The first-order valence-electron chi connectivity index (χ1n) is 6.34. The van der Waals surface area contributed by atoms with Crippen LogP contribution in [0.25, 0.3) is 0 Å². The molecule has 1 aromatic rings. The summed E-state index contributed by atoms with van der Waals surface area (Å²) in [6, 6.07) is 5.36. The first kappa shape index (κ1) is 16.1. The lowest BCUT2D eigenvalue weighted by Gasteiger charge is -2.11. The Bertz CT molecular complexity index is 439. The molecule has 6 nitrogen and oxygen atoms in total. The van der Waals surface area contributed by atoms with Gasteiger partial charge < -0.3 is 20.1 Å². The second kappa shape index (κ2) is 8.29. The molecular formula is C14H18O6. The van der Waals surface area contributed by atoms with Crippen LogP contribution in [-0.2, 0) is 4.74 Å². The minimum absolute atomic E-state index is 0.0719. The lowest BCUT2D eigenvalue weighted by Crippen LogP contribution is -2.18. The van der Waals surface area contributed by atoms with Gasteiger partial charge >= 0.3 is 11.9 Å². The number of esters is 1. The SMILES string of the molecule is O=C(O)c1ccc(C(=O)OCC(O)CCCCO)cc1. The van der Waals surface area contributed by atoms with E-state index in [1.165, 1.54) is 24.3 Å². The van der Waals surface area contributed by atoms with E-state index in [2.05, 4.69) is 0 Å². The molecule has 20 heavy (non-hydrogen) atoms. The summed E-state index contributed by atoms with van der Waals surface area (Å²) in [7, 11) is 0. The quantitative estimate of drug-likeness (QED) is 0.486. The second-order valence-corrected chi connectivity index (χ2v) is 4.35. The highest BCUT2D eigenvalue weighted by Gasteiger charge is 2.11. The van der Waals surface area contributed by atoms with Crippen LogP contribution in [0.3, 0.4) is 0 Å². The maximum Gasteiger partial charge on any atom is 0.338 e. The van der Waals surface area contributed by atoms with E-state index in [4.69, 9.17) is 14.9 Å². The predicted molar refractivity (Wildman–Crippen MR) is 70.6 cm³/mol. The number of carboxylic acids is 1. The maximum absolute atomic E-state index is 11.6. The average Bonchev–Trinajstić information content (AvgIpc) is 2.45. The number of benzene rings is 1. The topological polar surface area (TPSA) is 104 Å². The van der Waals surface area contributed by atoms with Crippen molar-refractivity contribution in [3.05, 3.63) is 35.4 Å². The molecule has 0 amide bonds. The molecule has 0 spiro atoms. The fourth-order valence-corrected chi connectivity index (χ4v) is 1.58. The molecule has 6 heteroatoms. The van der Waals surface area contributed by atoms with Crippen LogP contribution in [0.2, 0.25) is 0 Å². The van der Waals surface area contributed by atoms with Crippen LogP contribution in [0, 0.1) is 0 Å². The maximum atomic E-state index is 11.6. The van der Waals surface area contributed by atoms with Crippen molar-refractivity contribution in [3.8, 4) is 0 Å². The number of hydrogen-bond donors (Lipinski definition) is 3. The molecule has 0 aliphatic rings. The van der Waals surface area contributed by atoms with Crippen molar-refractivity contribution in [2.75, 3.05) is 13.2 Å². The zero-order valence-corrected chi connectivity index (χ0v) is 11.0. The summed E-state index contributed by atoms with van der Waals surface area (Å²) in [5.41, 5.74) is 0.322. The summed E-state index contributed by atoms with van der Waals surface area (Å²) in [6.45, 7) is -0.0482. The van der Waals surface area contributed by atoms with E-state index < -0.39 is 18.0 Å². The average molecular weight is 282 g/mol. The number of carboxylic acid groups (broad SMARTS) is 1. The smallest absolute Gasteiger partial charge is 0.338 e. The number of hydrogen-bond acceptors (Lipinski definition) is 5. The van der Waals surface area contributed by atoms with Gasteiger partial charge in [0.05, 0.1) is 17.2 Å². The van der Waals surface area contributed by atoms with Gasteiger partial charge in [-0.25, -0.2) is 9.59 Å². The van der Waals surface area contributed by atoms with Gasteiger partial charge in [0, 0.05) is 6.61 Å². The number of carbonyl (C=O) groups excluding carboxylic acids is 1. The van der Waals surface area contributed by atoms with Gasteiger partial charge in [0.25, 0.3) is 0 Å². The third kappa shape index (κ3) is 5.38. The van der Waals surface area contributed by atoms with Crippen LogP contribution >= 0.6 is 0 Å². The fourth-order valence-electron chi connectivity index (χ4n) is 1.58. The van der Waals surface area contributed by atoms with Gasteiger partial charge in [-0.05, 0) is 43.5 Å². The molecule has 1 rings (SSSR count). The second-order valence-electron chi connectivity index (χ2n) is 4.35. The molecule has 0 saturated heterocycles. The standard InChI is InChI=1S/C14H18O6/c15-8-2-1-3-12(16)9-20-14(19)11-6-4-10(5-7-11)13(17)18/h4-7,12,15-16H,1-3,8-9H2,(H,17,18). The molecule has 0 bridgehead atoms. The number of aromatic carboxylic acids is 1. The summed E-state index contributed by atoms with van der Waals surface area (Å²) in [6.07, 6.45) is 0.944. The number of carbonyl (C=O) groups is 2. The van der Waals surface area contributed by atoms with Gasteiger partial charge in [-0.15, -0.1) is 0 Å². The van der Waals surface area contributed by atoms with Crippen LogP contribution < -0.4 is 0 Å². The molecule has 1 unspecified atom stereocenters. The van der Waals surface area contributed by atoms with Crippen molar-refractivity contribution in [3.63, 3.8) is 0 Å². The molecule has 0 heterocycles. The highest BCUT2D eigenvalue weighted by molar-refractivity contribution is 5.92. The lowest BCUT2D eigenvalue weighted by molar-refractivity contribution is 0.0230. The monoisotopic (exact) mass is 282 g/mol. The van der Waals surface area contributed by atoms with Crippen molar-refractivity contribution in [1.82, 2.24) is 0 Å². The van der Waals surface area contributed by atoms with Crippen LogP contribution in [-0.4, -0.2) is 46.6 Å². The molecule has 110 valence electrons. The van der Waals surface area contributed by atoms with Gasteiger partial charge in [0.1, 0.15) is 6.61 Å². The number of rotatable bonds is 8. The van der Waals surface area contributed by atoms with Crippen LogP contribution in [0.5, 0.6) is 0 Å². The van der Waals surface area contributed by atoms with Crippen molar-refractivity contribution in [1.29, 1.82) is 0 Å². The van der Waals surface area contributed by atoms with Gasteiger partial charge in [-0.2, -0.15) is 0 Å². The summed E-state index contributed by atoms with van der Waals surface area (Å²) < 4.78 is 4.92. The highest BCUT2D eigenvalue weighted by Crippen LogP contribution is 2.07. The van der Waals surface area contributed by atoms with Gasteiger partial charge in [0.15, 0.2) is 0 Å². The Morgan fingerprint density at radius 1 is 1.10 bits per heavy atom. The van der Waals surface area contributed by atoms with Crippen molar-refractivity contribution < 1.29 is 29.6 Å². The largest absolute Gasteiger partial charge is 0.478 e.